The number of halogens is 1. The number of aromatic nitrogens is 1. The summed E-state index contributed by atoms with van der Waals surface area (Å²) in [7, 11) is -3.62. The number of terminal acetylenes is 1. The lowest BCUT2D eigenvalue weighted by molar-refractivity contribution is 0.0730. The molecule has 1 aromatic heterocycles. The minimum Gasteiger partial charge on any atom is -0.379 e. The monoisotopic (exact) mass is 519 g/mol. The maximum Gasteiger partial charge on any atom is 0.279 e. The Morgan fingerprint density at radius 2 is 1.90 bits per heavy atom. The van der Waals surface area contributed by atoms with Crippen LogP contribution in [0.25, 0.3) is 10.2 Å². The number of carbonyl (C=O) groups excluding carboxylic acids is 1. The second kappa shape index (κ2) is 9.06. The molecule has 2 heterocycles. The highest BCUT2D eigenvalue weighted by molar-refractivity contribution is 9.10. The fraction of sp³-hybridized carbons (Fsp3) is 0.238. The quantitative estimate of drug-likeness (QED) is 0.496. The molecule has 1 saturated heterocycles. The average molecular weight is 520 g/mol. The lowest BCUT2D eigenvalue weighted by Gasteiger charge is -2.26. The van der Waals surface area contributed by atoms with Crippen molar-refractivity contribution in [1.29, 1.82) is 0 Å². The summed E-state index contributed by atoms with van der Waals surface area (Å²) >= 11 is 4.81. The highest BCUT2D eigenvalue weighted by Crippen LogP contribution is 2.22. The average Bonchev–Trinajstić information content (AvgIpc) is 3.10. The number of hydrogen-bond donors (Lipinski definition) is 0. The lowest BCUT2D eigenvalue weighted by atomic mass is 10.2. The summed E-state index contributed by atoms with van der Waals surface area (Å²) in [6.07, 6.45) is 5.50. The van der Waals surface area contributed by atoms with E-state index in [1.54, 1.807) is 0 Å². The number of nitrogens with zero attached hydrogens (tertiary/aromatic N) is 3. The molecule has 4 rings (SSSR count). The number of morpholine rings is 1. The van der Waals surface area contributed by atoms with Crippen LogP contribution in [0.1, 0.15) is 10.4 Å². The van der Waals surface area contributed by atoms with E-state index in [1.165, 1.54) is 39.9 Å². The first kappa shape index (κ1) is 21.9. The molecule has 0 radical (unpaired) electrons. The van der Waals surface area contributed by atoms with Gasteiger partial charge in [0.25, 0.3) is 5.91 Å². The Labute approximate surface area is 192 Å². The van der Waals surface area contributed by atoms with Crippen LogP contribution in [-0.4, -0.2) is 49.5 Å². The van der Waals surface area contributed by atoms with Crippen LogP contribution in [0.15, 0.2) is 56.8 Å². The van der Waals surface area contributed by atoms with Gasteiger partial charge in [-0.1, -0.05) is 33.2 Å². The molecule has 2 aromatic carbocycles. The predicted molar refractivity (Wildman–Crippen MR) is 122 cm³/mol. The first-order valence-corrected chi connectivity index (χ1v) is 12.4. The Morgan fingerprint density at radius 3 is 2.58 bits per heavy atom. The van der Waals surface area contributed by atoms with Crippen molar-refractivity contribution in [2.24, 2.45) is 4.99 Å². The molecule has 1 aliphatic rings. The van der Waals surface area contributed by atoms with Crippen molar-refractivity contribution in [3.63, 3.8) is 0 Å². The van der Waals surface area contributed by atoms with Crippen LogP contribution in [0.2, 0.25) is 0 Å². The van der Waals surface area contributed by atoms with E-state index < -0.39 is 15.9 Å². The Hall–Kier alpha value is -2.29. The highest BCUT2D eigenvalue weighted by Gasteiger charge is 2.26. The molecular formula is C21H18BrN3O4S2. The second-order valence-corrected chi connectivity index (χ2v) is 10.6. The number of carbonyl (C=O) groups is 1. The summed E-state index contributed by atoms with van der Waals surface area (Å²) in [6.45, 7) is 1.66. The molecule has 31 heavy (non-hydrogen) atoms. The predicted octanol–water partition coefficient (Wildman–Crippen LogP) is 2.86. The van der Waals surface area contributed by atoms with Gasteiger partial charge in [-0.25, -0.2) is 8.42 Å². The van der Waals surface area contributed by atoms with E-state index >= 15 is 0 Å². The van der Waals surface area contributed by atoms with E-state index in [4.69, 9.17) is 11.2 Å². The van der Waals surface area contributed by atoms with Gasteiger partial charge in [-0.3, -0.25) is 4.79 Å². The number of ether oxygens (including phenoxy) is 1. The van der Waals surface area contributed by atoms with Gasteiger partial charge in [0.15, 0.2) is 4.80 Å². The summed E-state index contributed by atoms with van der Waals surface area (Å²) < 4.78 is 35.8. The molecular weight excluding hydrogens is 502 g/mol. The fourth-order valence-electron chi connectivity index (χ4n) is 3.23. The molecule has 1 fully saturated rings. The molecule has 0 spiro atoms. The van der Waals surface area contributed by atoms with E-state index in [0.717, 1.165) is 14.7 Å². The largest absolute Gasteiger partial charge is 0.379 e. The summed E-state index contributed by atoms with van der Waals surface area (Å²) in [5, 5.41) is 0. The summed E-state index contributed by atoms with van der Waals surface area (Å²) in [5.74, 6) is 2.13. The van der Waals surface area contributed by atoms with Gasteiger partial charge in [0.05, 0.1) is 34.9 Å². The molecule has 7 nitrogen and oxygen atoms in total. The second-order valence-electron chi connectivity index (χ2n) is 6.74. The maximum atomic E-state index is 12.8. The number of sulfonamides is 1. The third-order valence-corrected chi connectivity index (χ3v) is 8.25. The Bertz CT molecular complexity index is 1350. The van der Waals surface area contributed by atoms with Crippen LogP contribution < -0.4 is 4.80 Å². The van der Waals surface area contributed by atoms with Crippen LogP contribution in [0.4, 0.5) is 0 Å². The van der Waals surface area contributed by atoms with Gasteiger partial charge in [-0.2, -0.15) is 9.30 Å². The van der Waals surface area contributed by atoms with Crippen LogP contribution in [0.5, 0.6) is 0 Å². The first-order valence-electron chi connectivity index (χ1n) is 9.39. The van der Waals surface area contributed by atoms with E-state index in [1.807, 2.05) is 22.8 Å². The summed E-state index contributed by atoms with van der Waals surface area (Å²) in [5.41, 5.74) is 1.19. The third-order valence-electron chi connectivity index (χ3n) is 4.80. The maximum absolute atomic E-state index is 12.8. The number of rotatable bonds is 4. The van der Waals surface area contributed by atoms with Crippen LogP contribution in [0.3, 0.4) is 0 Å². The van der Waals surface area contributed by atoms with Gasteiger partial charge >= 0.3 is 0 Å². The van der Waals surface area contributed by atoms with E-state index in [0.29, 0.717) is 36.7 Å². The van der Waals surface area contributed by atoms with Crippen molar-refractivity contribution in [2.75, 3.05) is 26.3 Å². The summed E-state index contributed by atoms with van der Waals surface area (Å²) in [6, 6.07) is 11.6. The van der Waals surface area contributed by atoms with Crippen molar-refractivity contribution in [3.8, 4) is 12.3 Å². The van der Waals surface area contributed by atoms with Crippen LogP contribution >= 0.6 is 27.3 Å². The Kier molecular flexibility index (Phi) is 6.41. The SMILES string of the molecule is C#CCn1c(=NC(=O)c2ccc(S(=O)(=O)N3CCOCC3)cc2)sc2cc(Br)ccc21. The number of fused-ring (bicyclic) bond motifs is 1. The minimum absolute atomic E-state index is 0.139. The standard InChI is InChI=1S/C21H18BrN3O4S2/c1-2-9-25-18-8-5-16(22)14-19(18)30-21(25)23-20(26)15-3-6-17(7-4-15)31(27,28)24-10-12-29-13-11-24/h1,3-8,14H,9-13H2. The number of thiazole rings is 1. The van der Waals surface area contributed by atoms with Gasteiger partial charge in [0.1, 0.15) is 0 Å². The van der Waals surface area contributed by atoms with Crippen LogP contribution in [-0.2, 0) is 21.3 Å². The van der Waals surface area contributed by atoms with Crippen molar-refractivity contribution in [2.45, 2.75) is 11.4 Å². The zero-order valence-electron chi connectivity index (χ0n) is 16.3. The smallest absolute Gasteiger partial charge is 0.279 e. The van der Waals surface area contributed by atoms with Gasteiger partial charge in [-0.05, 0) is 42.5 Å². The fourth-order valence-corrected chi connectivity index (χ4v) is 6.22. The minimum atomic E-state index is -3.62. The Balaban J connectivity index is 1.66. The molecule has 160 valence electrons. The van der Waals surface area contributed by atoms with E-state index in [-0.39, 0.29) is 11.4 Å². The number of amides is 1. The normalized spacial score (nSPS) is 15.8. The zero-order valence-corrected chi connectivity index (χ0v) is 19.5. The first-order chi connectivity index (χ1) is 14.9. The molecule has 10 heteroatoms. The molecule has 0 saturated carbocycles. The van der Waals surface area contributed by atoms with Crippen molar-refractivity contribution in [3.05, 3.63) is 57.3 Å². The highest BCUT2D eigenvalue weighted by atomic mass is 79.9. The molecule has 0 bridgehead atoms. The number of benzene rings is 2. The molecule has 0 N–H and O–H groups in total. The zero-order chi connectivity index (χ0) is 22.0. The van der Waals surface area contributed by atoms with Gasteiger partial charge in [0.2, 0.25) is 10.0 Å². The summed E-state index contributed by atoms with van der Waals surface area (Å²) in [4.78, 5) is 17.6. The molecule has 1 amide bonds. The van der Waals surface area contributed by atoms with Crippen molar-refractivity contribution in [1.82, 2.24) is 8.87 Å². The van der Waals surface area contributed by atoms with Crippen molar-refractivity contribution >= 4 is 53.4 Å². The van der Waals surface area contributed by atoms with Gasteiger partial charge in [-0.15, -0.1) is 6.42 Å². The topological polar surface area (TPSA) is 81.0 Å². The van der Waals surface area contributed by atoms with Crippen LogP contribution in [0, 0.1) is 12.3 Å². The molecule has 0 unspecified atom stereocenters. The molecule has 0 atom stereocenters. The van der Waals surface area contributed by atoms with E-state index in [9.17, 15) is 13.2 Å². The molecule has 3 aromatic rings. The number of hydrogen-bond acceptors (Lipinski definition) is 5. The van der Waals surface area contributed by atoms with Gasteiger partial charge in [0, 0.05) is 23.1 Å². The van der Waals surface area contributed by atoms with E-state index in [2.05, 4.69) is 26.8 Å². The lowest BCUT2D eigenvalue weighted by Crippen LogP contribution is -2.40. The Morgan fingerprint density at radius 1 is 1.19 bits per heavy atom. The third kappa shape index (κ3) is 4.51. The molecule has 0 aliphatic carbocycles. The molecule has 1 aliphatic heterocycles. The van der Waals surface area contributed by atoms with Crippen molar-refractivity contribution < 1.29 is 17.9 Å². The van der Waals surface area contributed by atoms with Gasteiger partial charge < -0.3 is 9.30 Å².